The van der Waals surface area contributed by atoms with Crippen LogP contribution in [0.3, 0.4) is 0 Å². The van der Waals surface area contributed by atoms with E-state index < -0.39 is 10.0 Å². The van der Waals surface area contributed by atoms with Crippen molar-refractivity contribution >= 4 is 33.2 Å². The van der Waals surface area contributed by atoms with Crippen molar-refractivity contribution < 1.29 is 13.2 Å². The van der Waals surface area contributed by atoms with Crippen LogP contribution in [0.15, 0.2) is 83.8 Å². The largest absolute Gasteiger partial charge is 0.350 e. The minimum Gasteiger partial charge on any atom is -0.350 e. The predicted molar refractivity (Wildman–Crippen MR) is 120 cm³/mol. The highest BCUT2D eigenvalue weighted by Gasteiger charge is 2.21. The molecule has 1 amide bonds. The molecule has 0 aliphatic rings. The molecular formula is C23H23ClN2O3S. The van der Waals surface area contributed by atoms with Gasteiger partial charge in [-0.25, -0.2) is 8.42 Å². The minimum atomic E-state index is -3.94. The van der Waals surface area contributed by atoms with E-state index in [-0.39, 0.29) is 27.4 Å². The predicted octanol–water partition coefficient (Wildman–Crippen LogP) is 4.89. The average molecular weight is 443 g/mol. The number of hydrogen-bond acceptors (Lipinski definition) is 3. The number of halogens is 1. The molecule has 5 nitrogen and oxygen atoms in total. The third-order valence-corrected chi connectivity index (χ3v) is 6.46. The molecule has 30 heavy (non-hydrogen) atoms. The molecule has 7 heteroatoms. The Balaban J connectivity index is 1.70. The van der Waals surface area contributed by atoms with Gasteiger partial charge in [0.15, 0.2) is 0 Å². The van der Waals surface area contributed by atoms with Gasteiger partial charge in [0.2, 0.25) is 0 Å². The van der Waals surface area contributed by atoms with E-state index in [2.05, 4.69) is 10.0 Å². The first-order chi connectivity index (χ1) is 14.3. The molecule has 0 aromatic heterocycles. The minimum absolute atomic E-state index is 0.0482. The molecule has 1 atom stereocenters. The maximum Gasteiger partial charge on any atom is 0.263 e. The van der Waals surface area contributed by atoms with Gasteiger partial charge in [0.1, 0.15) is 4.90 Å². The standard InChI is InChI=1S/C23H23ClN2O3S/c1-17(12-13-18-8-4-2-5-9-18)25-23(27)19-14-15-21(24)22(16-19)30(28,29)26-20-10-6-3-7-11-20/h2-11,14-17,26H,12-13H2,1H3,(H,25,27)/t17-/m0/s1. The normalized spacial score (nSPS) is 12.2. The molecule has 0 radical (unpaired) electrons. The zero-order valence-corrected chi connectivity index (χ0v) is 18.1. The van der Waals surface area contributed by atoms with Gasteiger partial charge in [-0.1, -0.05) is 60.1 Å². The molecule has 0 saturated heterocycles. The SMILES string of the molecule is C[C@@H](CCc1ccccc1)NC(=O)c1ccc(Cl)c(S(=O)(=O)Nc2ccccc2)c1. The highest BCUT2D eigenvalue weighted by Crippen LogP contribution is 2.25. The van der Waals surface area contributed by atoms with Crippen molar-refractivity contribution in [2.45, 2.75) is 30.7 Å². The van der Waals surface area contributed by atoms with Crippen molar-refractivity contribution in [3.63, 3.8) is 0 Å². The third kappa shape index (κ3) is 5.84. The molecule has 2 N–H and O–H groups in total. The lowest BCUT2D eigenvalue weighted by Crippen LogP contribution is -2.33. The molecule has 0 aliphatic heterocycles. The van der Waals surface area contributed by atoms with Crippen LogP contribution in [0.5, 0.6) is 0 Å². The van der Waals surface area contributed by atoms with Crippen molar-refractivity contribution in [3.8, 4) is 0 Å². The number of rotatable bonds is 8. The van der Waals surface area contributed by atoms with Gasteiger partial charge < -0.3 is 5.32 Å². The number of anilines is 1. The molecule has 156 valence electrons. The van der Waals surface area contributed by atoms with Gasteiger partial charge in [-0.2, -0.15) is 0 Å². The van der Waals surface area contributed by atoms with E-state index in [1.54, 1.807) is 30.3 Å². The molecular weight excluding hydrogens is 420 g/mol. The molecule has 3 aromatic rings. The summed E-state index contributed by atoms with van der Waals surface area (Å²) < 4.78 is 28.0. The van der Waals surface area contributed by atoms with Gasteiger partial charge in [-0.05, 0) is 55.7 Å². The molecule has 0 bridgehead atoms. The fourth-order valence-electron chi connectivity index (χ4n) is 2.97. The Morgan fingerprint density at radius 1 is 0.967 bits per heavy atom. The van der Waals surface area contributed by atoms with Crippen LogP contribution in [-0.2, 0) is 16.4 Å². The molecule has 0 spiro atoms. The Kier molecular flexibility index (Phi) is 7.13. The second kappa shape index (κ2) is 9.78. The first-order valence-corrected chi connectivity index (χ1v) is 11.4. The summed E-state index contributed by atoms with van der Waals surface area (Å²) in [5.74, 6) is -0.344. The Labute approximate surface area is 182 Å². The number of sulfonamides is 1. The topological polar surface area (TPSA) is 75.3 Å². The molecule has 3 aromatic carbocycles. The molecule has 0 unspecified atom stereocenters. The van der Waals surface area contributed by atoms with Crippen LogP contribution in [0.4, 0.5) is 5.69 Å². The quantitative estimate of drug-likeness (QED) is 0.521. The summed E-state index contributed by atoms with van der Waals surface area (Å²) in [6.07, 6.45) is 1.60. The maximum atomic E-state index is 12.8. The Hall–Kier alpha value is -2.83. The van der Waals surface area contributed by atoms with Crippen molar-refractivity contribution in [1.82, 2.24) is 5.32 Å². The monoisotopic (exact) mass is 442 g/mol. The van der Waals surface area contributed by atoms with E-state index in [1.807, 2.05) is 37.3 Å². The lowest BCUT2D eigenvalue weighted by atomic mass is 10.1. The fraction of sp³-hybridized carbons (Fsp3) is 0.174. The van der Waals surface area contributed by atoms with Crippen LogP contribution in [-0.4, -0.2) is 20.4 Å². The summed E-state index contributed by atoms with van der Waals surface area (Å²) in [4.78, 5) is 12.5. The van der Waals surface area contributed by atoms with Gasteiger partial charge in [0.05, 0.1) is 5.02 Å². The van der Waals surface area contributed by atoms with E-state index in [1.165, 1.54) is 23.8 Å². The van der Waals surface area contributed by atoms with E-state index in [0.717, 1.165) is 12.8 Å². The highest BCUT2D eigenvalue weighted by atomic mass is 35.5. The maximum absolute atomic E-state index is 12.8. The van der Waals surface area contributed by atoms with Crippen LogP contribution in [0, 0.1) is 0 Å². The van der Waals surface area contributed by atoms with Gasteiger partial charge in [0, 0.05) is 17.3 Å². The number of amides is 1. The smallest absolute Gasteiger partial charge is 0.263 e. The van der Waals surface area contributed by atoms with Gasteiger partial charge >= 0.3 is 0 Å². The van der Waals surface area contributed by atoms with Crippen LogP contribution in [0.1, 0.15) is 29.3 Å². The molecule has 0 aliphatic carbocycles. The summed E-state index contributed by atoms with van der Waals surface area (Å²) in [5.41, 5.74) is 1.85. The highest BCUT2D eigenvalue weighted by molar-refractivity contribution is 7.92. The van der Waals surface area contributed by atoms with E-state index in [9.17, 15) is 13.2 Å². The average Bonchev–Trinajstić information content (AvgIpc) is 2.73. The van der Waals surface area contributed by atoms with Crippen molar-refractivity contribution in [3.05, 3.63) is 95.0 Å². The summed E-state index contributed by atoms with van der Waals surface area (Å²) in [6, 6.07) is 22.7. The zero-order chi connectivity index (χ0) is 21.6. The summed E-state index contributed by atoms with van der Waals surface area (Å²) >= 11 is 6.12. The number of carbonyl (C=O) groups excluding carboxylic acids is 1. The van der Waals surface area contributed by atoms with Crippen LogP contribution in [0.2, 0.25) is 5.02 Å². The van der Waals surface area contributed by atoms with Gasteiger partial charge in [-0.3, -0.25) is 9.52 Å². The second-order valence-electron chi connectivity index (χ2n) is 7.02. The van der Waals surface area contributed by atoms with Crippen molar-refractivity contribution in [2.24, 2.45) is 0 Å². The third-order valence-electron chi connectivity index (χ3n) is 4.60. The molecule has 3 rings (SSSR count). The van der Waals surface area contributed by atoms with E-state index in [4.69, 9.17) is 11.6 Å². The van der Waals surface area contributed by atoms with Crippen LogP contribution < -0.4 is 10.0 Å². The summed E-state index contributed by atoms with van der Waals surface area (Å²) in [5, 5.41) is 2.97. The lowest BCUT2D eigenvalue weighted by molar-refractivity contribution is 0.0938. The number of hydrogen-bond donors (Lipinski definition) is 2. The first kappa shape index (κ1) is 21.9. The number of benzene rings is 3. The second-order valence-corrected chi connectivity index (χ2v) is 9.07. The Bertz CT molecular complexity index is 1100. The number of nitrogens with one attached hydrogen (secondary N) is 2. The van der Waals surface area contributed by atoms with E-state index in [0.29, 0.717) is 5.69 Å². The molecule has 0 fully saturated rings. The molecule has 0 saturated carbocycles. The van der Waals surface area contributed by atoms with Gasteiger partial charge in [-0.15, -0.1) is 0 Å². The van der Waals surface area contributed by atoms with Crippen LogP contribution in [0.25, 0.3) is 0 Å². The number of carbonyl (C=O) groups is 1. The summed E-state index contributed by atoms with van der Waals surface area (Å²) in [7, 11) is -3.94. The van der Waals surface area contributed by atoms with Crippen molar-refractivity contribution in [2.75, 3.05) is 4.72 Å². The molecule has 0 heterocycles. The number of aryl methyl sites for hydroxylation is 1. The first-order valence-electron chi connectivity index (χ1n) is 9.57. The van der Waals surface area contributed by atoms with Gasteiger partial charge in [0.25, 0.3) is 15.9 Å². The van der Waals surface area contributed by atoms with Crippen molar-refractivity contribution in [1.29, 1.82) is 0 Å². The Morgan fingerprint density at radius 3 is 2.27 bits per heavy atom. The van der Waals surface area contributed by atoms with Crippen LogP contribution >= 0.6 is 11.6 Å². The lowest BCUT2D eigenvalue weighted by Gasteiger charge is -2.15. The fourth-order valence-corrected chi connectivity index (χ4v) is 4.56. The Morgan fingerprint density at radius 2 is 1.60 bits per heavy atom. The van der Waals surface area contributed by atoms with E-state index >= 15 is 0 Å². The number of para-hydroxylation sites is 1. The zero-order valence-electron chi connectivity index (χ0n) is 16.5. The summed E-state index contributed by atoms with van der Waals surface area (Å²) in [6.45, 7) is 1.92.